The van der Waals surface area contributed by atoms with E-state index in [2.05, 4.69) is 104 Å². The summed E-state index contributed by atoms with van der Waals surface area (Å²) in [5.74, 6) is -0.330. The normalized spacial score (nSPS) is 28.8. The Morgan fingerprint density at radius 3 is 1.26 bits per heavy atom. The molecule has 512 valence electrons. The maximum Gasteiger partial charge on any atom is 0.220 e. The number of unbranched alkanes of at least 4 members (excludes halogenated alkanes) is 20. The molecule has 89 heavy (non-hydrogen) atoms. The molecule has 0 aromatic carbocycles. The van der Waals surface area contributed by atoms with Crippen LogP contribution in [0, 0.1) is 0 Å². The molecular formula is C70H119NO18. The van der Waals surface area contributed by atoms with Crippen molar-refractivity contribution in [3.05, 3.63) is 97.2 Å². The van der Waals surface area contributed by atoms with Crippen LogP contribution >= 0.6 is 0 Å². The lowest BCUT2D eigenvalue weighted by Gasteiger charge is -2.48. The Morgan fingerprint density at radius 2 is 0.787 bits per heavy atom. The van der Waals surface area contributed by atoms with Gasteiger partial charge in [0.25, 0.3) is 0 Å². The topological polar surface area (TPSA) is 307 Å². The lowest BCUT2D eigenvalue weighted by molar-refractivity contribution is -0.379. The van der Waals surface area contributed by atoms with Crippen LogP contribution in [0.3, 0.4) is 0 Å². The number of carbonyl (C=O) groups excluding carboxylic acids is 1. The Hall–Kier alpha value is -3.29. The smallest absolute Gasteiger partial charge is 0.220 e. The average Bonchev–Trinajstić information content (AvgIpc) is 1.93. The van der Waals surface area contributed by atoms with Gasteiger partial charge >= 0.3 is 0 Å². The predicted molar refractivity (Wildman–Crippen MR) is 346 cm³/mol. The number of nitrogens with one attached hydrogen (secondary N) is 1. The molecule has 3 saturated heterocycles. The van der Waals surface area contributed by atoms with E-state index in [1.807, 2.05) is 6.08 Å². The first-order valence-electron chi connectivity index (χ1n) is 34.0. The van der Waals surface area contributed by atoms with Crippen molar-refractivity contribution in [3.8, 4) is 0 Å². The van der Waals surface area contributed by atoms with Crippen LogP contribution in [0.4, 0.5) is 0 Å². The molecule has 3 fully saturated rings. The molecule has 0 aromatic rings. The minimum absolute atomic E-state index is 0.175. The molecule has 17 unspecified atom stereocenters. The van der Waals surface area contributed by atoms with Crippen LogP contribution in [0.15, 0.2) is 97.2 Å². The highest BCUT2D eigenvalue weighted by Crippen LogP contribution is 2.33. The molecule has 0 spiro atoms. The van der Waals surface area contributed by atoms with Crippen molar-refractivity contribution in [1.29, 1.82) is 0 Å². The highest BCUT2D eigenvalue weighted by molar-refractivity contribution is 5.76. The highest BCUT2D eigenvalue weighted by atomic mass is 16.8. The van der Waals surface area contributed by atoms with Crippen molar-refractivity contribution >= 4 is 5.91 Å². The van der Waals surface area contributed by atoms with Gasteiger partial charge in [-0.15, -0.1) is 0 Å². The standard InChI is InChI=1S/C70H119NO18/c1-3-5-7-9-11-13-15-17-19-21-23-25-26-28-29-31-33-35-37-39-41-43-45-47-54(75)53(71-58(76)48-46-44-42-40-38-36-34-32-30-27-24-22-20-18-16-14-12-10-8-6-4-2)52-84-68-64(82)61(79)66(56(50-73)86-68)89-70-65(83)62(80)67(57(51-74)87-70)88-69-63(81)60(78)59(77)55(49-72)85-69/h6,8,12,14,18,20,24,27,32,34,37-40,45,47,53-57,59-70,72-75,77-83H,3-5,7,9-11,13,15-17,19,21-23,25-26,28-31,33,35-36,41-44,46,48-52H2,1-2H3,(H,71,76)/b8-6-,14-12-,20-18-,27-24-,34-32-,39-37+,40-38-,47-45+. The van der Waals surface area contributed by atoms with Crippen molar-refractivity contribution in [2.75, 3.05) is 26.4 Å². The van der Waals surface area contributed by atoms with Gasteiger partial charge in [-0.1, -0.05) is 214 Å². The summed E-state index contributed by atoms with van der Waals surface area (Å²) in [6.07, 6.45) is 39.6. The summed E-state index contributed by atoms with van der Waals surface area (Å²) in [5.41, 5.74) is 0. The second kappa shape index (κ2) is 51.2. The van der Waals surface area contributed by atoms with Crippen LogP contribution in [0.5, 0.6) is 0 Å². The lowest BCUT2D eigenvalue weighted by Crippen LogP contribution is -2.66. The third-order valence-electron chi connectivity index (χ3n) is 16.4. The van der Waals surface area contributed by atoms with Gasteiger partial charge in [-0.3, -0.25) is 4.79 Å². The first kappa shape index (κ1) is 79.9. The zero-order chi connectivity index (χ0) is 64.7. The zero-order valence-corrected chi connectivity index (χ0v) is 53.9. The molecule has 3 aliphatic heterocycles. The van der Waals surface area contributed by atoms with Gasteiger partial charge in [0.15, 0.2) is 18.9 Å². The Labute approximate surface area is 533 Å². The zero-order valence-electron chi connectivity index (χ0n) is 53.9. The molecule has 0 saturated carbocycles. The number of aliphatic hydroxyl groups is 11. The van der Waals surface area contributed by atoms with Gasteiger partial charge in [-0.2, -0.15) is 0 Å². The summed E-state index contributed by atoms with van der Waals surface area (Å²) in [7, 11) is 0. The van der Waals surface area contributed by atoms with E-state index in [1.165, 1.54) is 103 Å². The molecule has 0 aromatic heterocycles. The third kappa shape index (κ3) is 33.4. The van der Waals surface area contributed by atoms with Crippen molar-refractivity contribution < 1.29 is 89.4 Å². The molecule has 12 N–H and O–H groups in total. The Bertz CT molecular complexity index is 1990. The molecule has 3 aliphatic rings. The van der Waals surface area contributed by atoms with E-state index in [9.17, 15) is 61.0 Å². The number of hydrogen-bond donors (Lipinski definition) is 12. The molecule has 1 amide bonds. The molecule has 3 heterocycles. The molecule has 0 radical (unpaired) electrons. The quantitative estimate of drug-likeness (QED) is 0.0201. The Balaban J connectivity index is 1.49. The largest absolute Gasteiger partial charge is 0.394 e. The van der Waals surface area contributed by atoms with Gasteiger partial charge in [-0.25, -0.2) is 0 Å². The maximum atomic E-state index is 13.4. The number of carbonyl (C=O) groups is 1. The van der Waals surface area contributed by atoms with Crippen LogP contribution in [-0.2, 0) is 33.2 Å². The summed E-state index contributed by atoms with van der Waals surface area (Å²) in [6, 6.07) is -1.02. The summed E-state index contributed by atoms with van der Waals surface area (Å²) < 4.78 is 34.3. The maximum absolute atomic E-state index is 13.4. The number of allylic oxidation sites excluding steroid dienone is 15. The predicted octanol–water partition coefficient (Wildman–Crippen LogP) is 8.49. The van der Waals surface area contributed by atoms with Gasteiger partial charge in [0, 0.05) is 6.42 Å². The van der Waals surface area contributed by atoms with E-state index in [4.69, 9.17) is 28.4 Å². The van der Waals surface area contributed by atoms with Crippen LogP contribution in [-0.4, -0.2) is 193 Å². The van der Waals surface area contributed by atoms with Crippen LogP contribution in [0.2, 0.25) is 0 Å². The van der Waals surface area contributed by atoms with E-state index < -0.39 is 131 Å². The van der Waals surface area contributed by atoms with E-state index in [0.29, 0.717) is 12.8 Å². The highest BCUT2D eigenvalue weighted by Gasteiger charge is 2.53. The van der Waals surface area contributed by atoms with Crippen molar-refractivity contribution in [2.45, 2.75) is 311 Å². The molecule has 3 rings (SSSR count). The average molecular weight is 1260 g/mol. The first-order valence-corrected chi connectivity index (χ1v) is 34.0. The molecule has 0 aliphatic carbocycles. The fourth-order valence-corrected chi connectivity index (χ4v) is 10.9. The summed E-state index contributed by atoms with van der Waals surface area (Å²) >= 11 is 0. The van der Waals surface area contributed by atoms with Crippen molar-refractivity contribution in [3.63, 3.8) is 0 Å². The number of rotatable bonds is 50. The lowest BCUT2D eigenvalue weighted by atomic mass is 9.96. The van der Waals surface area contributed by atoms with Crippen LogP contribution in [0.1, 0.15) is 206 Å². The van der Waals surface area contributed by atoms with Gasteiger partial charge < -0.3 is 89.9 Å². The summed E-state index contributed by atoms with van der Waals surface area (Å²) in [4.78, 5) is 13.4. The molecule has 0 bridgehead atoms. The molecule has 17 atom stereocenters. The SMILES string of the molecule is CC/C=C\C/C=C\C/C=C\C/C=C\C/C=C\C/C=C\CCCCC(=O)NC(COC1OC(CO)C(OC2OC(CO)C(OC3OC(CO)C(O)C(O)C3O)C(O)C2O)C(O)C1O)C(O)/C=C/CC/C=C/CCCCCCCCCCCCCCCCCCC. The van der Waals surface area contributed by atoms with E-state index >= 15 is 0 Å². The first-order chi connectivity index (χ1) is 43.3. The van der Waals surface area contributed by atoms with Gasteiger partial charge in [0.2, 0.25) is 5.91 Å². The summed E-state index contributed by atoms with van der Waals surface area (Å²) in [6.45, 7) is 1.56. The fourth-order valence-electron chi connectivity index (χ4n) is 10.9. The van der Waals surface area contributed by atoms with Gasteiger partial charge in [0.05, 0.1) is 38.6 Å². The number of aliphatic hydroxyl groups excluding tert-OH is 11. The number of hydrogen-bond acceptors (Lipinski definition) is 18. The second-order valence-electron chi connectivity index (χ2n) is 23.9. The van der Waals surface area contributed by atoms with E-state index in [1.54, 1.807) is 6.08 Å². The molecule has 19 heteroatoms. The number of ether oxygens (including phenoxy) is 6. The third-order valence-corrected chi connectivity index (χ3v) is 16.4. The summed E-state index contributed by atoms with van der Waals surface area (Å²) in [5, 5.41) is 120. The second-order valence-corrected chi connectivity index (χ2v) is 23.9. The molecule has 19 nitrogen and oxygen atoms in total. The monoisotopic (exact) mass is 1260 g/mol. The van der Waals surface area contributed by atoms with Gasteiger partial charge in [0.1, 0.15) is 73.2 Å². The Kier molecular flexibility index (Phi) is 46.0. The van der Waals surface area contributed by atoms with Crippen molar-refractivity contribution in [2.24, 2.45) is 0 Å². The van der Waals surface area contributed by atoms with Crippen molar-refractivity contribution in [1.82, 2.24) is 5.32 Å². The molecular weight excluding hydrogens is 1140 g/mol. The minimum Gasteiger partial charge on any atom is -0.394 e. The minimum atomic E-state index is -1.99. The van der Waals surface area contributed by atoms with E-state index in [0.717, 1.165) is 70.6 Å². The van der Waals surface area contributed by atoms with Gasteiger partial charge in [-0.05, 0) is 83.5 Å². The fraction of sp³-hybridized carbons (Fsp3) is 0.757. The van der Waals surface area contributed by atoms with Crippen LogP contribution < -0.4 is 5.32 Å². The Morgan fingerprint density at radius 1 is 0.416 bits per heavy atom. The number of amides is 1. The van der Waals surface area contributed by atoms with E-state index in [-0.39, 0.29) is 12.3 Å². The van der Waals surface area contributed by atoms with Crippen LogP contribution in [0.25, 0.3) is 0 Å².